The average Bonchev–Trinajstić information content (AvgIpc) is 2.62. The Hall–Kier alpha value is -3.79. The van der Waals surface area contributed by atoms with Gasteiger partial charge in [-0.25, -0.2) is 9.78 Å². The van der Waals surface area contributed by atoms with Gasteiger partial charge in [-0.2, -0.15) is 10.2 Å². The number of aromatic carboxylic acids is 1. The van der Waals surface area contributed by atoms with E-state index < -0.39 is 5.97 Å². The third-order valence-electron chi connectivity index (χ3n) is 3.08. The summed E-state index contributed by atoms with van der Waals surface area (Å²) < 4.78 is 5.57. The van der Waals surface area contributed by atoms with Gasteiger partial charge in [-0.3, -0.25) is 4.98 Å². The van der Waals surface area contributed by atoms with Crippen LogP contribution in [0.25, 0.3) is 11.4 Å². The number of ether oxygens (including phenoxy) is 1. The molecule has 0 bridgehead atoms. The fourth-order valence-electron chi connectivity index (χ4n) is 1.97. The van der Waals surface area contributed by atoms with E-state index in [1.54, 1.807) is 42.7 Å². The zero-order valence-electron chi connectivity index (χ0n) is 12.2. The number of carbonyl (C=O) groups is 1. The van der Waals surface area contributed by atoms with Crippen molar-refractivity contribution in [2.75, 3.05) is 0 Å². The van der Waals surface area contributed by atoms with Gasteiger partial charge in [0, 0.05) is 24.2 Å². The Kier molecular flexibility index (Phi) is 4.12. The second kappa shape index (κ2) is 6.54. The van der Waals surface area contributed by atoms with Gasteiger partial charge in [0.2, 0.25) is 5.88 Å². The highest BCUT2D eigenvalue weighted by Gasteiger charge is 2.17. The van der Waals surface area contributed by atoms with Crippen molar-refractivity contribution in [3.8, 4) is 29.1 Å². The van der Waals surface area contributed by atoms with Crippen LogP contribution in [-0.2, 0) is 0 Å². The molecule has 0 saturated carbocycles. The number of carboxylic acid groups (broad SMARTS) is 1. The van der Waals surface area contributed by atoms with Crippen molar-refractivity contribution in [3.63, 3.8) is 0 Å². The van der Waals surface area contributed by atoms with Gasteiger partial charge in [0.15, 0.2) is 5.82 Å². The summed E-state index contributed by atoms with van der Waals surface area (Å²) in [5.41, 5.74) is 0.848. The molecule has 2 heterocycles. The third-order valence-corrected chi connectivity index (χ3v) is 3.08. The summed E-state index contributed by atoms with van der Waals surface area (Å²) in [6, 6.07) is 11.8. The summed E-state index contributed by atoms with van der Waals surface area (Å²) in [6.07, 6.45) is 4.36. The number of hydrogen-bond acceptors (Lipinski definition) is 6. The number of nitriles is 1. The monoisotopic (exact) mass is 318 g/mol. The van der Waals surface area contributed by atoms with Crippen molar-refractivity contribution in [2.24, 2.45) is 0 Å². The highest BCUT2D eigenvalue weighted by atomic mass is 16.5. The van der Waals surface area contributed by atoms with Crippen LogP contribution < -0.4 is 4.74 Å². The van der Waals surface area contributed by atoms with Crippen molar-refractivity contribution in [2.45, 2.75) is 0 Å². The fourth-order valence-corrected chi connectivity index (χ4v) is 1.97. The van der Waals surface area contributed by atoms with Gasteiger partial charge in [0.05, 0.1) is 11.6 Å². The number of rotatable bonds is 4. The molecule has 0 aliphatic carbocycles. The van der Waals surface area contributed by atoms with Crippen LogP contribution >= 0.6 is 0 Å². The number of benzene rings is 1. The van der Waals surface area contributed by atoms with Crippen LogP contribution in [0.3, 0.4) is 0 Å². The summed E-state index contributed by atoms with van der Waals surface area (Å²) in [6.45, 7) is 0. The van der Waals surface area contributed by atoms with Gasteiger partial charge in [-0.05, 0) is 30.3 Å². The number of carboxylic acids is 1. The molecule has 0 atom stereocenters. The van der Waals surface area contributed by atoms with Gasteiger partial charge in [-0.1, -0.05) is 6.07 Å². The zero-order chi connectivity index (χ0) is 16.9. The van der Waals surface area contributed by atoms with Crippen LogP contribution in [0.1, 0.15) is 15.9 Å². The Morgan fingerprint density at radius 2 is 2.08 bits per heavy atom. The minimum Gasteiger partial charge on any atom is -0.477 e. The number of hydrogen-bond donors (Lipinski definition) is 1. The van der Waals surface area contributed by atoms with Crippen molar-refractivity contribution < 1.29 is 14.6 Å². The second-order valence-corrected chi connectivity index (χ2v) is 4.70. The van der Waals surface area contributed by atoms with Crippen molar-refractivity contribution in [1.29, 1.82) is 5.26 Å². The van der Waals surface area contributed by atoms with Gasteiger partial charge >= 0.3 is 5.97 Å². The van der Waals surface area contributed by atoms with E-state index in [1.807, 2.05) is 6.07 Å². The van der Waals surface area contributed by atoms with Crippen LogP contribution in [0.5, 0.6) is 11.6 Å². The molecule has 2 aromatic heterocycles. The molecule has 0 fully saturated rings. The lowest BCUT2D eigenvalue weighted by Gasteiger charge is -2.09. The first-order valence-electron chi connectivity index (χ1n) is 6.86. The molecular weight excluding hydrogens is 308 g/mol. The average molecular weight is 318 g/mol. The topological polar surface area (TPSA) is 109 Å². The molecule has 0 radical (unpaired) electrons. The predicted octanol–water partition coefficient (Wildman–Crippen LogP) is 2.90. The summed E-state index contributed by atoms with van der Waals surface area (Å²) >= 11 is 0. The molecular formula is C17H10N4O3. The maximum Gasteiger partial charge on any atom is 0.342 e. The first kappa shape index (κ1) is 15.1. The first-order valence-corrected chi connectivity index (χ1v) is 6.86. The maximum atomic E-state index is 11.4. The number of nitrogens with zero attached hydrogens (tertiary/aromatic N) is 4. The molecule has 24 heavy (non-hydrogen) atoms. The Balaban J connectivity index is 2.04. The molecule has 0 aliphatic rings. The molecule has 0 amide bonds. The summed E-state index contributed by atoms with van der Waals surface area (Å²) in [5.74, 6) is -0.711. The molecule has 0 saturated heterocycles. The minimum atomic E-state index is -1.21. The van der Waals surface area contributed by atoms with E-state index in [-0.39, 0.29) is 11.4 Å². The molecule has 3 rings (SSSR count). The lowest BCUT2D eigenvalue weighted by atomic mass is 10.2. The smallest absolute Gasteiger partial charge is 0.342 e. The molecule has 7 nitrogen and oxygen atoms in total. The Labute approximate surface area is 136 Å². The van der Waals surface area contributed by atoms with E-state index in [9.17, 15) is 9.90 Å². The molecule has 0 aliphatic heterocycles. The van der Waals surface area contributed by atoms with E-state index in [0.29, 0.717) is 22.7 Å². The minimum absolute atomic E-state index is 0.105. The molecule has 3 aromatic rings. The lowest BCUT2D eigenvalue weighted by molar-refractivity contribution is 0.0693. The van der Waals surface area contributed by atoms with E-state index in [2.05, 4.69) is 15.0 Å². The zero-order valence-corrected chi connectivity index (χ0v) is 12.2. The Bertz CT molecular complexity index is 936. The van der Waals surface area contributed by atoms with Crippen LogP contribution in [-0.4, -0.2) is 26.0 Å². The van der Waals surface area contributed by atoms with E-state index >= 15 is 0 Å². The van der Waals surface area contributed by atoms with Crippen LogP contribution in [0.15, 0.2) is 55.0 Å². The van der Waals surface area contributed by atoms with Gasteiger partial charge in [-0.15, -0.1) is 0 Å². The highest BCUT2D eigenvalue weighted by Crippen LogP contribution is 2.26. The summed E-state index contributed by atoms with van der Waals surface area (Å²) in [5, 5.41) is 18.2. The van der Waals surface area contributed by atoms with Crippen molar-refractivity contribution in [1.82, 2.24) is 15.0 Å². The largest absolute Gasteiger partial charge is 0.477 e. The van der Waals surface area contributed by atoms with E-state index in [1.165, 1.54) is 12.3 Å². The standard InChI is InChI=1S/C17H10N4O3/c18-8-11-3-1-5-13(7-11)24-16-14(17(22)23)10-20-15(21-16)12-4-2-6-19-9-12/h1-7,9-10H,(H,22,23). The van der Waals surface area contributed by atoms with Crippen molar-refractivity contribution >= 4 is 5.97 Å². The molecule has 1 aromatic carbocycles. The quantitative estimate of drug-likeness (QED) is 0.787. The normalized spacial score (nSPS) is 9.96. The van der Waals surface area contributed by atoms with Gasteiger partial charge in [0.1, 0.15) is 11.3 Å². The fraction of sp³-hybridized carbons (Fsp3) is 0. The second-order valence-electron chi connectivity index (χ2n) is 4.70. The molecule has 0 spiro atoms. The Morgan fingerprint density at radius 3 is 2.79 bits per heavy atom. The third kappa shape index (κ3) is 3.18. The summed E-state index contributed by atoms with van der Waals surface area (Å²) in [7, 11) is 0. The number of pyridine rings is 1. The molecule has 116 valence electrons. The van der Waals surface area contributed by atoms with Crippen LogP contribution in [0, 0.1) is 11.3 Å². The SMILES string of the molecule is N#Cc1cccc(Oc2nc(-c3cccnc3)ncc2C(=O)O)c1. The van der Waals surface area contributed by atoms with Gasteiger partial charge < -0.3 is 9.84 Å². The molecule has 1 N–H and O–H groups in total. The van der Waals surface area contributed by atoms with Crippen LogP contribution in [0.4, 0.5) is 0 Å². The first-order chi connectivity index (χ1) is 11.7. The highest BCUT2D eigenvalue weighted by molar-refractivity contribution is 5.90. The molecule has 7 heteroatoms. The van der Waals surface area contributed by atoms with Crippen LogP contribution in [0.2, 0.25) is 0 Å². The maximum absolute atomic E-state index is 11.4. The van der Waals surface area contributed by atoms with Crippen molar-refractivity contribution in [3.05, 3.63) is 66.1 Å². The van der Waals surface area contributed by atoms with E-state index in [4.69, 9.17) is 10.00 Å². The lowest BCUT2D eigenvalue weighted by Crippen LogP contribution is -2.05. The summed E-state index contributed by atoms with van der Waals surface area (Å²) in [4.78, 5) is 23.6. The Morgan fingerprint density at radius 1 is 1.21 bits per heavy atom. The van der Waals surface area contributed by atoms with E-state index in [0.717, 1.165) is 0 Å². The predicted molar refractivity (Wildman–Crippen MR) is 83.5 cm³/mol. The molecule has 0 unspecified atom stereocenters. The number of aromatic nitrogens is 3. The van der Waals surface area contributed by atoms with Gasteiger partial charge in [0.25, 0.3) is 0 Å².